The maximum Gasteiger partial charge on any atom is 0.254 e. The van der Waals surface area contributed by atoms with Gasteiger partial charge in [-0.3, -0.25) is 24.6 Å². The molecule has 0 fully saturated rings. The Balaban J connectivity index is 1.69. The van der Waals surface area contributed by atoms with E-state index in [9.17, 15) is 9.59 Å². The summed E-state index contributed by atoms with van der Waals surface area (Å²) in [6.45, 7) is 0.699. The third-order valence-corrected chi connectivity index (χ3v) is 5.81. The molecule has 2 heterocycles. The third-order valence-electron chi connectivity index (χ3n) is 5.38. The molecule has 1 atom stereocenters. The fourth-order valence-corrected chi connectivity index (χ4v) is 4.00. The molecule has 0 saturated heterocycles. The van der Waals surface area contributed by atoms with Crippen LogP contribution in [0.25, 0.3) is 11.3 Å². The van der Waals surface area contributed by atoms with Gasteiger partial charge in [-0.25, -0.2) is 4.98 Å². The van der Waals surface area contributed by atoms with Gasteiger partial charge in [-0.05, 0) is 23.8 Å². The highest BCUT2D eigenvalue weighted by Crippen LogP contribution is 2.32. The van der Waals surface area contributed by atoms with Gasteiger partial charge in [0.25, 0.3) is 5.56 Å². The lowest BCUT2D eigenvalue weighted by molar-refractivity contribution is -0.124. The number of hydrazine groups is 2. The molecule has 182 valence electrons. The van der Waals surface area contributed by atoms with Crippen LogP contribution in [-0.2, 0) is 16.0 Å². The number of carbonyl (C=O) groups is 1. The summed E-state index contributed by atoms with van der Waals surface area (Å²) in [7, 11) is 1.56. The third kappa shape index (κ3) is 6.01. The van der Waals surface area contributed by atoms with E-state index in [1.165, 1.54) is 17.0 Å². The van der Waals surface area contributed by atoms with E-state index in [1.807, 2.05) is 30.3 Å². The highest BCUT2D eigenvalue weighted by molar-refractivity contribution is 6.31. The van der Waals surface area contributed by atoms with Crippen molar-refractivity contribution < 1.29 is 9.53 Å². The average molecular weight is 515 g/mol. The fourth-order valence-electron chi connectivity index (χ4n) is 3.69. The van der Waals surface area contributed by atoms with Gasteiger partial charge in [-0.2, -0.15) is 0 Å². The van der Waals surface area contributed by atoms with Crippen molar-refractivity contribution in [3.63, 3.8) is 0 Å². The maximum absolute atomic E-state index is 13.3. The van der Waals surface area contributed by atoms with Crippen molar-refractivity contribution in [1.29, 1.82) is 0 Å². The van der Waals surface area contributed by atoms with E-state index in [-0.39, 0.29) is 11.5 Å². The first-order valence-electron chi connectivity index (χ1n) is 10.8. The molecular weight excluding hydrogens is 491 g/mol. The van der Waals surface area contributed by atoms with Crippen LogP contribution in [-0.4, -0.2) is 35.7 Å². The average Bonchev–Trinajstić information content (AvgIpc) is 3.29. The minimum absolute atomic E-state index is 0.293. The molecule has 0 saturated carbocycles. The van der Waals surface area contributed by atoms with Gasteiger partial charge in [0.2, 0.25) is 5.91 Å². The van der Waals surface area contributed by atoms with Crippen LogP contribution in [0.15, 0.2) is 77.1 Å². The molecule has 1 aliphatic rings. The van der Waals surface area contributed by atoms with Gasteiger partial charge in [0, 0.05) is 36.7 Å². The fraction of sp³-hybridized carbons (Fsp3) is 0.208. The lowest BCUT2D eigenvalue weighted by atomic mass is 10.0. The predicted molar refractivity (Wildman–Crippen MR) is 136 cm³/mol. The van der Waals surface area contributed by atoms with E-state index in [0.29, 0.717) is 46.7 Å². The second kappa shape index (κ2) is 11.4. The lowest BCUT2D eigenvalue weighted by Gasteiger charge is -2.21. The molecule has 3 N–H and O–H groups in total. The normalized spacial score (nSPS) is 13.8. The molecule has 9 nitrogen and oxygen atoms in total. The molecular formula is C24H24Cl2N6O3. The monoisotopic (exact) mass is 514 g/mol. The second-order valence-corrected chi connectivity index (χ2v) is 8.60. The highest BCUT2D eigenvalue weighted by Gasteiger charge is 2.23. The molecule has 2 aromatic carbocycles. The number of benzene rings is 2. The van der Waals surface area contributed by atoms with Crippen LogP contribution < -0.4 is 26.8 Å². The van der Waals surface area contributed by atoms with Gasteiger partial charge in [0.1, 0.15) is 11.2 Å². The molecule has 1 aromatic heterocycles. The van der Waals surface area contributed by atoms with Crippen molar-refractivity contribution in [2.75, 3.05) is 25.3 Å². The van der Waals surface area contributed by atoms with Crippen molar-refractivity contribution in [3.8, 4) is 11.3 Å². The van der Waals surface area contributed by atoms with Crippen LogP contribution in [0.1, 0.15) is 11.6 Å². The topological polar surface area (TPSA) is 101 Å². The Morgan fingerprint density at radius 2 is 1.97 bits per heavy atom. The van der Waals surface area contributed by atoms with Crippen LogP contribution in [0.5, 0.6) is 0 Å². The Kier molecular flexibility index (Phi) is 8.04. The van der Waals surface area contributed by atoms with Gasteiger partial charge >= 0.3 is 0 Å². The number of methoxy groups -OCH3 is 1. The molecule has 11 heteroatoms. The van der Waals surface area contributed by atoms with Gasteiger partial charge < -0.3 is 10.1 Å². The van der Waals surface area contributed by atoms with E-state index in [0.717, 1.165) is 5.56 Å². The number of aromatic nitrogens is 2. The molecule has 0 aliphatic carbocycles. The summed E-state index contributed by atoms with van der Waals surface area (Å²) in [6.07, 6.45) is 3.37. The Labute approximate surface area is 212 Å². The van der Waals surface area contributed by atoms with Crippen LogP contribution in [0.4, 0.5) is 5.69 Å². The minimum atomic E-state index is -0.784. The Morgan fingerprint density at radius 1 is 1.17 bits per heavy atom. The second-order valence-electron chi connectivity index (χ2n) is 7.75. The zero-order chi connectivity index (χ0) is 24.8. The number of nitrogens with one attached hydrogen (secondary N) is 3. The lowest BCUT2D eigenvalue weighted by Crippen LogP contribution is -2.39. The van der Waals surface area contributed by atoms with E-state index in [2.05, 4.69) is 21.3 Å². The smallest absolute Gasteiger partial charge is 0.254 e. The summed E-state index contributed by atoms with van der Waals surface area (Å²) in [5, 5.41) is 5.36. The van der Waals surface area contributed by atoms with E-state index >= 15 is 0 Å². The minimum Gasteiger partial charge on any atom is -0.383 e. The molecule has 0 unspecified atom stereocenters. The van der Waals surface area contributed by atoms with Crippen LogP contribution in [0, 0.1) is 0 Å². The van der Waals surface area contributed by atoms with E-state index in [1.54, 1.807) is 36.5 Å². The SMILES string of the molecule is COCCNC(=O)[C@H](Cc1ccccc1)n1cnc(-c2cc(Cl)ccc2N2C=C(Cl)NN2)cc1=O. The van der Waals surface area contributed by atoms with Crippen molar-refractivity contribution >= 4 is 34.8 Å². The molecule has 1 aliphatic heterocycles. The number of carbonyl (C=O) groups excluding carboxylic acids is 1. The van der Waals surface area contributed by atoms with E-state index in [4.69, 9.17) is 27.9 Å². The number of amides is 1. The first-order valence-corrected chi connectivity index (χ1v) is 11.6. The van der Waals surface area contributed by atoms with Gasteiger partial charge in [0.05, 0.1) is 30.5 Å². The molecule has 0 bridgehead atoms. The summed E-state index contributed by atoms with van der Waals surface area (Å²) >= 11 is 12.3. The van der Waals surface area contributed by atoms with Crippen molar-refractivity contribution in [2.45, 2.75) is 12.5 Å². The summed E-state index contributed by atoms with van der Waals surface area (Å²) in [5.41, 5.74) is 7.93. The molecule has 0 spiro atoms. The quantitative estimate of drug-likeness (QED) is 0.298. The first kappa shape index (κ1) is 24.7. The summed E-state index contributed by atoms with van der Waals surface area (Å²) in [5.74, 6) is -0.293. The van der Waals surface area contributed by atoms with Crippen molar-refractivity contribution in [1.82, 2.24) is 25.8 Å². The number of nitrogens with zero attached hydrogens (tertiary/aromatic N) is 3. The Hall–Kier alpha value is -3.37. The van der Waals surface area contributed by atoms with Crippen molar-refractivity contribution in [2.24, 2.45) is 0 Å². The van der Waals surface area contributed by atoms with Crippen LogP contribution in [0.3, 0.4) is 0 Å². The standard InChI is InChI=1S/C24H24Cl2N6O3/c1-35-10-9-27-24(34)21(11-16-5-3-2-4-6-16)31-15-28-19(13-23(31)33)18-12-17(25)7-8-20(18)32-14-22(26)29-30-32/h2-8,12-15,21,29-30H,9-11H2,1H3,(H,27,34)/t21-/m0/s1. The zero-order valence-corrected chi connectivity index (χ0v) is 20.4. The number of anilines is 1. The van der Waals surface area contributed by atoms with Gasteiger partial charge in [-0.15, -0.1) is 5.53 Å². The summed E-state index contributed by atoms with van der Waals surface area (Å²) in [6, 6.07) is 15.3. The molecule has 4 rings (SSSR count). The number of rotatable bonds is 9. The molecule has 3 aromatic rings. The molecule has 1 amide bonds. The summed E-state index contributed by atoms with van der Waals surface area (Å²) in [4.78, 5) is 30.8. The first-order chi connectivity index (χ1) is 17.0. The Morgan fingerprint density at radius 3 is 2.66 bits per heavy atom. The van der Waals surface area contributed by atoms with Gasteiger partial charge in [-0.1, -0.05) is 53.5 Å². The maximum atomic E-state index is 13.3. The number of halogens is 2. The highest BCUT2D eigenvalue weighted by atomic mass is 35.5. The predicted octanol–water partition coefficient (Wildman–Crippen LogP) is 2.98. The molecule has 0 radical (unpaired) electrons. The van der Waals surface area contributed by atoms with E-state index < -0.39 is 6.04 Å². The molecule has 35 heavy (non-hydrogen) atoms. The Bertz CT molecular complexity index is 1280. The zero-order valence-electron chi connectivity index (χ0n) is 18.9. The largest absolute Gasteiger partial charge is 0.383 e. The number of hydrogen-bond donors (Lipinski definition) is 3. The van der Waals surface area contributed by atoms with Crippen molar-refractivity contribution in [3.05, 3.63) is 93.2 Å². The van der Waals surface area contributed by atoms with Crippen LogP contribution in [0.2, 0.25) is 5.02 Å². The number of hydrogen-bond acceptors (Lipinski definition) is 7. The van der Waals surface area contributed by atoms with Gasteiger partial charge in [0.15, 0.2) is 0 Å². The summed E-state index contributed by atoms with van der Waals surface area (Å²) < 4.78 is 6.36. The van der Waals surface area contributed by atoms with Crippen LogP contribution >= 0.6 is 23.2 Å². The number of ether oxygens (including phenoxy) is 1.